The van der Waals surface area contributed by atoms with E-state index in [1.165, 1.54) is 0 Å². The molecule has 0 fully saturated rings. The van der Waals surface area contributed by atoms with Gasteiger partial charge in [0.25, 0.3) is 0 Å². The van der Waals surface area contributed by atoms with Gasteiger partial charge in [0.15, 0.2) is 0 Å². The predicted molar refractivity (Wildman–Crippen MR) is 42.6 cm³/mol. The van der Waals surface area contributed by atoms with Crippen LogP contribution in [0.25, 0.3) is 0 Å². The smallest absolute Gasteiger partial charge is 0.427 e. The first kappa shape index (κ1) is 9.46. The Labute approximate surface area is 64.5 Å². The molecular weight excluding hydrogens is 183 g/mol. The second-order valence-corrected chi connectivity index (χ2v) is 2.96. The van der Waals surface area contributed by atoms with Crippen LogP contribution < -0.4 is 0 Å². The van der Waals surface area contributed by atoms with Crippen molar-refractivity contribution in [2.24, 2.45) is 5.92 Å². The highest BCUT2D eigenvalue weighted by Crippen LogP contribution is 2.08. The third kappa shape index (κ3) is 6.35. The fourth-order valence-corrected chi connectivity index (χ4v) is 0.834. The minimum Gasteiger partial charge on any atom is -0.427 e. The van der Waals surface area contributed by atoms with Crippen molar-refractivity contribution >= 4 is 23.0 Å². The molecule has 2 N–H and O–H groups in total. The zero-order valence-corrected chi connectivity index (χ0v) is 7.13. The van der Waals surface area contributed by atoms with Gasteiger partial charge in [-0.3, -0.25) is 0 Å². The van der Waals surface area contributed by atoms with Crippen LogP contribution >= 0.6 is 15.9 Å². The molecule has 0 rings (SSSR count). The summed E-state index contributed by atoms with van der Waals surface area (Å²) in [5.41, 5.74) is 0. The van der Waals surface area contributed by atoms with Crippen LogP contribution in [0, 0.1) is 5.92 Å². The van der Waals surface area contributed by atoms with Crippen LogP contribution in [-0.2, 0) is 0 Å². The molecule has 0 spiro atoms. The Balaban J connectivity index is 3.06. The molecule has 4 heteroatoms. The molecular formula is C5H12BBrO2. The van der Waals surface area contributed by atoms with Gasteiger partial charge in [-0.1, -0.05) is 29.3 Å². The number of hydrogen-bond donors (Lipinski definition) is 2. The van der Waals surface area contributed by atoms with Gasteiger partial charge in [-0.15, -0.1) is 0 Å². The molecule has 0 aliphatic carbocycles. The quantitative estimate of drug-likeness (QED) is 0.516. The number of halogens is 1. The largest absolute Gasteiger partial charge is 0.451 e. The Morgan fingerprint density at radius 3 is 2.44 bits per heavy atom. The molecule has 0 amide bonds. The average molecular weight is 195 g/mol. The molecule has 0 aromatic carbocycles. The number of alkyl halides is 1. The molecule has 0 saturated carbocycles. The van der Waals surface area contributed by atoms with E-state index in [1.54, 1.807) is 0 Å². The van der Waals surface area contributed by atoms with E-state index in [1.807, 2.05) is 0 Å². The average Bonchev–Trinajstić information content (AvgIpc) is 1.83. The number of rotatable bonds is 4. The maximum atomic E-state index is 8.44. The van der Waals surface area contributed by atoms with Crippen LogP contribution in [-0.4, -0.2) is 22.5 Å². The van der Waals surface area contributed by atoms with E-state index in [0.717, 1.165) is 11.8 Å². The molecule has 1 atom stereocenters. The molecule has 0 bridgehead atoms. The number of hydrogen-bond acceptors (Lipinski definition) is 2. The van der Waals surface area contributed by atoms with Crippen LogP contribution in [0.2, 0.25) is 6.32 Å². The Morgan fingerprint density at radius 2 is 2.11 bits per heavy atom. The van der Waals surface area contributed by atoms with Gasteiger partial charge in [-0.05, 0) is 12.2 Å². The van der Waals surface area contributed by atoms with Crippen molar-refractivity contribution in [3.05, 3.63) is 0 Å². The molecule has 0 aliphatic rings. The summed E-state index contributed by atoms with van der Waals surface area (Å²) in [7, 11) is -1.13. The maximum absolute atomic E-state index is 8.44. The standard InChI is InChI=1S/C5H12BBrO2/c1-5(4-7)2-3-6(8)9/h5,8-9H,2-4H2,1H3. The SMILES string of the molecule is CC(CBr)CCB(O)O. The Hall–Kier alpha value is 0.465. The molecule has 0 aromatic heterocycles. The Kier molecular flexibility index (Phi) is 5.54. The van der Waals surface area contributed by atoms with Crippen LogP contribution in [0.3, 0.4) is 0 Å². The van der Waals surface area contributed by atoms with Gasteiger partial charge in [-0.25, -0.2) is 0 Å². The normalized spacial score (nSPS) is 13.3. The monoisotopic (exact) mass is 194 g/mol. The summed E-state index contributed by atoms with van der Waals surface area (Å²) in [5.74, 6) is 0.534. The minimum absolute atomic E-state index is 0.479. The highest BCUT2D eigenvalue weighted by atomic mass is 79.9. The van der Waals surface area contributed by atoms with Crippen LogP contribution in [0.1, 0.15) is 13.3 Å². The summed E-state index contributed by atoms with van der Waals surface area (Å²) in [4.78, 5) is 0. The van der Waals surface area contributed by atoms with Gasteiger partial charge < -0.3 is 10.0 Å². The Bertz CT molecular complexity index is 70.0. The van der Waals surface area contributed by atoms with E-state index in [0.29, 0.717) is 12.2 Å². The third-order valence-electron chi connectivity index (χ3n) is 1.18. The predicted octanol–water partition coefficient (Wildman–Crippen LogP) is 0.880. The van der Waals surface area contributed by atoms with Crippen molar-refractivity contribution in [3.8, 4) is 0 Å². The molecule has 54 valence electrons. The lowest BCUT2D eigenvalue weighted by Gasteiger charge is -2.04. The van der Waals surface area contributed by atoms with Crippen molar-refractivity contribution in [1.82, 2.24) is 0 Å². The van der Waals surface area contributed by atoms with Gasteiger partial charge in [0, 0.05) is 5.33 Å². The van der Waals surface area contributed by atoms with Crippen molar-refractivity contribution in [1.29, 1.82) is 0 Å². The van der Waals surface area contributed by atoms with Crippen LogP contribution in [0.5, 0.6) is 0 Å². The summed E-state index contributed by atoms with van der Waals surface area (Å²) >= 11 is 3.30. The van der Waals surface area contributed by atoms with E-state index >= 15 is 0 Å². The minimum atomic E-state index is -1.13. The lowest BCUT2D eigenvalue weighted by atomic mass is 9.82. The molecule has 9 heavy (non-hydrogen) atoms. The van der Waals surface area contributed by atoms with Crippen molar-refractivity contribution in [2.45, 2.75) is 19.7 Å². The lowest BCUT2D eigenvalue weighted by Crippen LogP contribution is -2.12. The molecule has 0 aromatic rings. The lowest BCUT2D eigenvalue weighted by molar-refractivity contribution is 0.397. The van der Waals surface area contributed by atoms with E-state index in [2.05, 4.69) is 22.9 Å². The van der Waals surface area contributed by atoms with E-state index in [9.17, 15) is 0 Å². The van der Waals surface area contributed by atoms with Gasteiger partial charge in [0.05, 0.1) is 0 Å². The molecule has 0 saturated heterocycles. The first-order chi connectivity index (χ1) is 4.16. The molecule has 0 radical (unpaired) electrons. The highest BCUT2D eigenvalue weighted by Gasteiger charge is 2.08. The summed E-state index contributed by atoms with van der Waals surface area (Å²) < 4.78 is 0. The van der Waals surface area contributed by atoms with E-state index in [4.69, 9.17) is 10.0 Å². The van der Waals surface area contributed by atoms with Gasteiger partial charge in [0.2, 0.25) is 0 Å². The molecule has 0 heterocycles. The van der Waals surface area contributed by atoms with Crippen molar-refractivity contribution < 1.29 is 10.0 Å². The second-order valence-electron chi connectivity index (χ2n) is 2.32. The summed E-state index contributed by atoms with van der Waals surface area (Å²) in [6.07, 6.45) is 1.34. The van der Waals surface area contributed by atoms with Crippen LogP contribution in [0.15, 0.2) is 0 Å². The topological polar surface area (TPSA) is 40.5 Å². The van der Waals surface area contributed by atoms with Gasteiger partial charge in [0.1, 0.15) is 0 Å². The zero-order chi connectivity index (χ0) is 7.28. The fourth-order valence-electron chi connectivity index (χ4n) is 0.511. The van der Waals surface area contributed by atoms with E-state index in [-0.39, 0.29) is 0 Å². The molecule has 0 aliphatic heterocycles. The summed E-state index contributed by atoms with van der Waals surface area (Å²) in [5, 5.41) is 17.8. The van der Waals surface area contributed by atoms with Gasteiger partial charge in [-0.2, -0.15) is 0 Å². The summed E-state index contributed by atoms with van der Waals surface area (Å²) in [6.45, 7) is 2.07. The summed E-state index contributed by atoms with van der Waals surface area (Å²) in [6, 6.07) is 0. The first-order valence-corrected chi connectivity index (χ1v) is 4.21. The van der Waals surface area contributed by atoms with Crippen molar-refractivity contribution in [3.63, 3.8) is 0 Å². The van der Waals surface area contributed by atoms with Gasteiger partial charge >= 0.3 is 7.12 Å². The molecule has 1 unspecified atom stereocenters. The van der Waals surface area contributed by atoms with Crippen LogP contribution in [0.4, 0.5) is 0 Å². The Morgan fingerprint density at radius 1 is 1.56 bits per heavy atom. The zero-order valence-electron chi connectivity index (χ0n) is 5.55. The highest BCUT2D eigenvalue weighted by molar-refractivity contribution is 9.09. The first-order valence-electron chi connectivity index (χ1n) is 3.09. The van der Waals surface area contributed by atoms with Crippen molar-refractivity contribution in [2.75, 3.05) is 5.33 Å². The fraction of sp³-hybridized carbons (Fsp3) is 1.00. The maximum Gasteiger partial charge on any atom is 0.451 e. The van der Waals surface area contributed by atoms with E-state index < -0.39 is 7.12 Å². The second kappa shape index (κ2) is 5.27. The molecule has 2 nitrogen and oxygen atoms in total. The third-order valence-corrected chi connectivity index (χ3v) is 2.29.